The van der Waals surface area contributed by atoms with Gasteiger partial charge in [-0.2, -0.15) is 0 Å². The molecule has 4 nitrogen and oxygen atoms in total. The number of aliphatic hydroxyl groups is 1. The predicted molar refractivity (Wildman–Crippen MR) is 81.2 cm³/mol. The van der Waals surface area contributed by atoms with Crippen LogP contribution in [0.4, 0.5) is 0 Å². The first kappa shape index (κ1) is 16.7. The molecule has 0 aromatic heterocycles. The van der Waals surface area contributed by atoms with Crippen LogP contribution in [0.5, 0.6) is 0 Å². The largest absolute Gasteiger partial charge is 0.391 e. The highest BCUT2D eigenvalue weighted by Gasteiger charge is 2.15. The van der Waals surface area contributed by atoms with E-state index >= 15 is 0 Å². The van der Waals surface area contributed by atoms with Gasteiger partial charge in [-0.05, 0) is 30.7 Å². The highest BCUT2D eigenvalue weighted by molar-refractivity contribution is 5.81. The van der Waals surface area contributed by atoms with Gasteiger partial charge in [0.05, 0.1) is 12.1 Å². The van der Waals surface area contributed by atoms with Gasteiger partial charge < -0.3 is 16.2 Å². The molecule has 2 atom stereocenters. The molecule has 0 aliphatic heterocycles. The van der Waals surface area contributed by atoms with Gasteiger partial charge in [0, 0.05) is 6.54 Å². The second kappa shape index (κ2) is 8.72. The lowest BCUT2D eigenvalue weighted by Crippen LogP contribution is -2.43. The fourth-order valence-corrected chi connectivity index (χ4v) is 2.07. The minimum Gasteiger partial charge on any atom is -0.391 e. The zero-order chi connectivity index (χ0) is 15.0. The Balaban J connectivity index is 2.25. The monoisotopic (exact) mass is 278 g/mol. The van der Waals surface area contributed by atoms with Crippen LogP contribution in [0, 0.1) is 5.92 Å². The van der Waals surface area contributed by atoms with E-state index in [2.05, 4.69) is 5.32 Å². The molecule has 2 unspecified atom stereocenters. The Labute approximate surface area is 121 Å². The SMILES string of the molecule is CC(C)CC(O)CNC(=O)C(N)CCc1ccccc1. The number of nitrogens with one attached hydrogen (secondary N) is 1. The molecule has 4 N–H and O–H groups in total. The van der Waals surface area contributed by atoms with Crippen molar-refractivity contribution >= 4 is 5.91 Å². The first-order valence-electron chi connectivity index (χ1n) is 7.24. The van der Waals surface area contributed by atoms with Gasteiger partial charge in [-0.1, -0.05) is 44.2 Å². The molecule has 1 aromatic rings. The number of rotatable bonds is 8. The zero-order valence-corrected chi connectivity index (χ0v) is 12.4. The third kappa shape index (κ3) is 6.68. The van der Waals surface area contributed by atoms with Crippen molar-refractivity contribution < 1.29 is 9.90 Å². The number of amides is 1. The summed E-state index contributed by atoms with van der Waals surface area (Å²) in [6.07, 6.45) is 1.57. The Morgan fingerprint density at radius 2 is 1.95 bits per heavy atom. The number of carbonyl (C=O) groups is 1. The number of carbonyl (C=O) groups excluding carboxylic acids is 1. The Kier molecular flexibility index (Phi) is 7.26. The van der Waals surface area contributed by atoms with E-state index in [1.165, 1.54) is 5.56 Å². The third-order valence-electron chi connectivity index (χ3n) is 3.18. The van der Waals surface area contributed by atoms with Gasteiger partial charge in [0.2, 0.25) is 5.91 Å². The van der Waals surface area contributed by atoms with E-state index in [1.54, 1.807) is 0 Å². The van der Waals surface area contributed by atoms with Crippen LogP contribution in [0.3, 0.4) is 0 Å². The Bertz CT molecular complexity index is 393. The summed E-state index contributed by atoms with van der Waals surface area (Å²) in [5, 5.41) is 12.4. The number of hydrogen-bond donors (Lipinski definition) is 3. The predicted octanol–water partition coefficient (Wildman–Crippen LogP) is 1.47. The van der Waals surface area contributed by atoms with Crippen molar-refractivity contribution in [2.75, 3.05) is 6.54 Å². The van der Waals surface area contributed by atoms with Gasteiger partial charge in [-0.3, -0.25) is 4.79 Å². The molecule has 0 bridgehead atoms. The van der Waals surface area contributed by atoms with Crippen LogP contribution < -0.4 is 11.1 Å². The highest BCUT2D eigenvalue weighted by Crippen LogP contribution is 2.05. The van der Waals surface area contributed by atoms with E-state index < -0.39 is 12.1 Å². The van der Waals surface area contributed by atoms with E-state index in [1.807, 2.05) is 44.2 Å². The molecule has 20 heavy (non-hydrogen) atoms. The quantitative estimate of drug-likeness (QED) is 0.674. The van der Waals surface area contributed by atoms with Gasteiger partial charge in [0.1, 0.15) is 0 Å². The van der Waals surface area contributed by atoms with Crippen LogP contribution in [0.1, 0.15) is 32.3 Å². The van der Waals surface area contributed by atoms with Crippen molar-refractivity contribution in [3.05, 3.63) is 35.9 Å². The van der Waals surface area contributed by atoms with Crippen LogP contribution in [0.25, 0.3) is 0 Å². The maximum Gasteiger partial charge on any atom is 0.237 e. The van der Waals surface area contributed by atoms with Crippen molar-refractivity contribution in [2.45, 2.75) is 45.3 Å². The molecule has 0 spiro atoms. The lowest BCUT2D eigenvalue weighted by atomic mass is 10.0. The molecular formula is C16H26N2O2. The zero-order valence-electron chi connectivity index (χ0n) is 12.4. The van der Waals surface area contributed by atoms with Crippen molar-refractivity contribution in [2.24, 2.45) is 11.7 Å². The summed E-state index contributed by atoms with van der Waals surface area (Å²) in [6, 6.07) is 9.44. The molecule has 0 aliphatic carbocycles. The Hall–Kier alpha value is -1.39. The van der Waals surface area contributed by atoms with E-state index in [-0.39, 0.29) is 12.5 Å². The minimum atomic E-state index is -0.526. The van der Waals surface area contributed by atoms with Crippen molar-refractivity contribution in [3.63, 3.8) is 0 Å². The van der Waals surface area contributed by atoms with Crippen LogP contribution in [-0.4, -0.2) is 29.7 Å². The molecule has 0 saturated heterocycles. The summed E-state index contributed by atoms with van der Waals surface area (Å²) in [5.41, 5.74) is 7.04. The molecule has 0 saturated carbocycles. The topological polar surface area (TPSA) is 75.3 Å². The minimum absolute atomic E-state index is 0.191. The van der Waals surface area contributed by atoms with Gasteiger partial charge in [0.15, 0.2) is 0 Å². The van der Waals surface area contributed by atoms with Crippen LogP contribution in [0.2, 0.25) is 0 Å². The normalized spacial score (nSPS) is 14.1. The van der Waals surface area contributed by atoms with E-state index in [0.29, 0.717) is 18.8 Å². The average molecular weight is 278 g/mol. The Morgan fingerprint density at radius 3 is 2.55 bits per heavy atom. The molecule has 0 fully saturated rings. The molecule has 0 radical (unpaired) electrons. The first-order valence-corrected chi connectivity index (χ1v) is 7.24. The molecule has 112 valence electrons. The third-order valence-corrected chi connectivity index (χ3v) is 3.18. The fourth-order valence-electron chi connectivity index (χ4n) is 2.07. The maximum atomic E-state index is 11.8. The van der Waals surface area contributed by atoms with Crippen molar-refractivity contribution in [3.8, 4) is 0 Å². The van der Waals surface area contributed by atoms with E-state index in [9.17, 15) is 9.90 Å². The van der Waals surface area contributed by atoms with Crippen molar-refractivity contribution in [1.82, 2.24) is 5.32 Å². The van der Waals surface area contributed by atoms with Crippen LogP contribution in [-0.2, 0) is 11.2 Å². The summed E-state index contributed by atoms with van der Waals surface area (Å²) >= 11 is 0. The number of nitrogens with two attached hydrogens (primary N) is 1. The van der Waals surface area contributed by atoms with Crippen LogP contribution in [0.15, 0.2) is 30.3 Å². The Morgan fingerprint density at radius 1 is 1.30 bits per heavy atom. The molecule has 1 rings (SSSR count). The van der Waals surface area contributed by atoms with E-state index in [0.717, 1.165) is 6.42 Å². The summed E-state index contributed by atoms with van der Waals surface area (Å²) < 4.78 is 0. The molecule has 4 heteroatoms. The number of aryl methyl sites for hydroxylation is 1. The van der Waals surface area contributed by atoms with Gasteiger partial charge >= 0.3 is 0 Å². The summed E-state index contributed by atoms with van der Waals surface area (Å²) in [5.74, 6) is 0.220. The second-order valence-electron chi connectivity index (χ2n) is 5.66. The smallest absolute Gasteiger partial charge is 0.237 e. The summed E-state index contributed by atoms with van der Waals surface area (Å²) in [7, 11) is 0. The summed E-state index contributed by atoms with van der Waals surface area (Å²) in [4.78, 5) is 11.8. The van der Waals surface area contributed by atoms with Gasteiger partial charge in [0.25, 0.3) is 0 Å². The fraction of sp³-hybridized carbons (Fsp3) is 0.562. The van der Waals surface area contributed by atoms with Crippen molar-refractivity contribution in [1.29, 1.82) is 0 Å². The standard InChI is InChI=1S/C16H26N2O2/c1-12(2)10-14(19)11-18-16(20)15(17)9-8-13-6-4-3-5-7-13/h3-7,12,14-15,19H,8-11,17H2,1-2H3,(H,18,20). The lowest BCUT2D eigenvalue weighted by Gasteiger charge is -2.16. The maximum absolute atomic E-state index is 11.8. The number of aliphatic hydroxyl groups excluding tert-OH is 1. The molecule has 1 amide bonds. The summed E-state index contributed by atoms with van der Waals surface area (Å²) in [6.45, 7) is 4.35. The lowest BCUT2D eigenvalue weighted by molar-refractivity contribution is -0.123. The van der Waals surface area contributed by atoms with Gasteiger partial charge in [-0.25, -0.2) is 0 Å². The highest BCUT2D eigenvalue weighted by atomic mass is 16.3. The van der Waals surface area contributed by atoms with Crippen LogP contribution >= 0.6 is 0 Å². The molecule has 0 heterocycles. The van der Waals surface area contributed by atoms with Gasteiger partial charge in [-0.15, -0.1) is 0 Å². The molecule has 1 aromatic carbocycles. The molecular weight excluding hydrogens is 252 g/mol. The second-order valence-corrected chi connectivity index (χ2v) is 5.66. The van der Waals surface area contributed by atoms with E-state index in [4.69, 9.17) is 5.73 Å². The number of benzene rings is 1. The average Bonchev–Trinajstić information content (AvgIpc) is 2.42. The first-order chi connectivity index (χ1) is 9.49. The molecule has 0 aliphatic rings. The number of hydrogen-bond acceptors (Lipinski definition) is 3.